The molecule has 0 radical (unpaired) electrons. The Morgan fingerprint density at radius 3 is 2.62 bits per heavy atom. The molecule has 148 valence electrons. The van der Waals surface area contributed by atoms with E-state index in [9.17, 15) is 24.1 Å². The third-order valence-corrected chi connectivity index (χ3v) is 4.69. The van der Waals surface area contributed by atoms with Gasteiger partial charge in [-0.1, -0.05) is 6.07 Å². The first-order valence-electron chi connectivity index (χ1n) is 8.41. The number of nitrogens with zero attached hydrogens (tertiary/aromatic N) is 2. The van der Waals surface area contributed by atoms with Crippen LogP contribution in [0.1, 0.15) is 17.3 Å². The van der Waals surface area contributed by atoms with Crippen LogP contribution in [0, 0.1) is 15.9 Å². The molecular formula is C19H15FN4O4S. The van der Waals surface area contributed by atoms with Crippen molar-refractivity contribution in [1.29, 1.82) is 0 Å². The van der Waals surface area contributed by atoms with E-state index in [0.29, 0.717) is 16.4 Å². The van der Waals surface area contributed by atoms with Gasteiger partial charge in [-0.05, 0) is 37.3 Å². The Kier molecular flexibility index (Phi) is 5.93. The zero-order valence-corrected chi connectivity index (χ0v) is 15.9. The van der Waals surface area contributed by atoms with Crippen LogP contribution in [-0.2, 0) is 4.79 Å². The summed E-state index contributed by atoms with van der Waals surface area (Å²) >= 11 is 1.19. The number of rotatable bonds is 6. The van der Waals surface area contributed by atoms with Gasteiger partial charge in [-0.15, -0.1) is 11.3 Å². The van der Waals surface area contributed by atoms with E-state index in [1.54, 1.807) is 17.5 Å². The number of carbonyl (C=O) groups excluding carboxylic acids is 2. The Balaban J connectivity index is 1.62. The summed E-state index contributed by atoms with van der Waals surface area (Å²) in [4.78, 5) is 39.1. The number of anilines is 1. The molecule has 1 unspecified atom stereocenters. The average molecular weight is 414 g/mol. The Morgan fingerprint density at radius 2 is 1.93 bits per heavy atom. The summed E-state index contributed by atoms with van der Waals surface area (Å²) in [5, 5.41) is 17.9. The molecule has 0 fully saturated rings. The average Bonchev–Trinajstić information content (AvgIpc) is 3.16. The lowest BCUT2D eigenvalue weighted by Gasteiger charge is -2.13. The standard InChI is InChI=1S/C19H15FN4O4S/c1-11(21-18(26)13-3-2-4-15(9-13)24(27)28)17(25)23-19-22-16(10-29-19)12-5-7-14(20)8-6-12/h2-11H,1H3,(H,21,26)(H,22,23,25). The number of non-ortho nitro benzene ring substituents is 1. The molecule has 0 aliphatic carbocycles. The lowest BCUT2D eigenvalue weighted by molar-refractivity contribution is -0.384. The number of halogens is 1. The zero-order chi connectivity index (χ0) is 21.0. The summed E-state index contributed by atoms with van der Waals surface area (Å²) in [6.07, 6.45) is 0. The van der Waals surface area contributed by atoms with Gasteiger partial charge in [0.1, 0.15) is 11.9 Å². The number of nitrogens with one attached hydrogen (secondary N) is 2. The first kappa shape index (κ1) is 20.1. The number of amides is 2. The molecule has 0 aliphatic rings. The molecule has 2 amide bonds. The quantitative estimate of drug-likeness (QED) is 0.472. The Labute approximate surface area is 168 Å². The summed E-state index contributed by atoms with van der Waals surface area (Å²) in [6, 6.07) is 10.1. The number of nitro groups is 1. The van der Waals surface area contributed by atoms with E-state index in [-0.39, 0.29) is 17.1 Å². The number of benzene rings is 2. The molecule has 0 aliphatic heterocycles. The van der Waals surface area contributed by atoms with Crippen LogP contribution < -0.4 is 10.6 Å². The lowest BCUT2D eigenvalue weighted by Crippen LogP contribution is -2.41. The summed E-state index contributed by atoms with van der Waals surface area (Å²) in [7, 11) is 0. The van der Waals surface area contributed by atoms with Gasteiger partial charge in [-0.2, -0.15) is 0 Å². The lowest BCUT2D eigenvalue weighted by atomic mass is 10.1. The molecule has 3 aromatic rings. The highest BCUT2D eigenvalue weighted by molar-refractivity contribution is 7.14. The van der Waals surface area contributed by atoms with Crippen LogP contribution in [0.5, 0.6) is 0 Å². The first-order chi connectivity index (χ1) is 13.8. The van der Waals surface area contributed by atoms with Crippen LogP contribution in [0.3, 0.4) is 0 Å². The highest BCUT2D eigenvalue weighted by atomic mass is 32.1. The molecule has 0 saturated carbocycles. The molecule has 3 rings (SSSR count). The van der Waals surface area contributed by atoms with Gasteiger partial charge < -0.3 is 10.6 Å². The number of aromatic nitrogens is 1. The van der Waals surface area contributed by atoms with Crippen molar-refractivity contribution in [2.45, 2.75) is 13.0 Å². The van der Waals surface area contributed by atoms with Gasteiger partial charge in [0.05, 0.1) is 10.6 Å². The molecule has 29 heavy (non-hydrogen) atoms. The largest absolute Gasteiger partial charge is 0.341 e. The fourth-order valence-electron chi connectivity index (χ4n) is 2.40. The molecule has 1 heterocycles. The molecule has 8 nitrogen and oxygen atoms in total. The van der Waals surface area contributed by atoms with E-state index in [1.807, 2.05) is 0 Å². The number of hydrogen-bond acceptors (Lipinski definition) is 6. The SMILES string of the molecule is CC(NC(=O)c1cccc([N+](=O)[O-])c1)C(=O)Nc1nc(-c2ccc(F)cc2)cs1. The van der Waals surface area contributed by atoms with Crippen LogP contribution >= 0.6 is 11.3 Å². The first-order valence-corrected chi connectivity index (χ1v) is 9.29. The third kappa shape index (κ3) is 4.99. The molecule has 2 aromatic carbocycles. The van der Waals surface area contributed by atoms with E-state index < -0.39 is 22.8 Å². The predicted molar refractivity (Wildman–Crippen MR) is 106 cm³/mol. The normalized spacial score (nSPS) is 11.5. The van der Waals surface area contributed by atoms with E-state index in [4.69, 9.17) is 0 Å². The maximum absolute atomic E-state index is 13.0. The monoisotopic (exact) mass is 414 g/mol. The van der Waals surface area contributed by atoms with Gasteiger partial charge >= 0.3 is 0 Å². The van der Waals surface area contributed by atoms with E-state index in [2.05, 4.69) is 15.6 Å². The molecule has 0 bridgehead atoms. The summed E-state index contributed by atoms with van der Waals surface area (Å²) < 4.78 is 13.0. The van der Waals surface area contributed by atoms with Crippen molar-refractivity contribution in [3.8, 4) is 11.3 Å². The van der Waals surface area contributed by atoms with E-state index in [1.165, 1.54) is 48.6 Å². The maximum atomic E-state index is 13.0. The smallest absolute Gasteiger partial charge is 0.270 e. The predicted octanol–water partition coefficient (Wildman–Crippen LogP) is 3.61. The van der Waals surface area contributed by atoms with Gasteiger partial charge in [-0.3, -0.25) is 19.7 Å². The fourth-order valence-corrected chi connectivity index (χ4v) is 3.13. The van der Waals surface area contributed by atoms with Crippen LogP contribution in [0.4, 0.5) is 15.2 Å². The highest BCUT2D eigenvalue weighted by Crippen LogP contribution is 2.25. The minimum absolute atomic E-state index is 0.0756. The van der Waals surface area contributed by atoms with Crippen molar-refractivity contribution in [3.05, 3.63) is 75.4 Å². The van der Waals surface area contributed by atoms with Crippen molar-refractivity contribution >= 4 is 34.0 Å². The van der Waals surface area contributed by atoms with Crippen molar-refractivity contribution in [2.24, 2.45) is 0 Å². The van der Waals surface area contributed by atoms with Gasteiger partial charge in [0.15, 0.2) is 5.13 Å². The molecule has 1 aromatic heterocycles. The minimum atomic E-state index is -0.903. The van der Waals surface area contributed by atoms with Gasteiger partial charge in [0, 0.05) is 28.6 Å². The van der Waals surface area contributed by atoms with Crippen molar-refractivity contribution < 1.29 is 18.9 Å². The Morgan fingerprint density at radius 1 is 1.21 bits per heavy atom. The van der Waals surface area contributed by atoms with Crippen molar-refractivity contribution in [1.82, 2.24) is 10.3 Å². The van der Waals surface area contributed by atoms with Gasteiger partial charge in [0.25, 0.3) is 11.6 Å². The molecule has 2 N–H and O–H groups in total. The van der Waals surface area contributed by atoms with E-state index in [0.717, 1.165) is 6.07 Å². The minimum Gasteiger partial charge on any atom is -0.341 e. The van der Waals surface area contributed by atoms with Crippen LogP contribution in [0.2, 0.25) is 0 Å². The van der Waals surface area contributed by atoms with Gasteiger partial charge in [-0.25, -0.2) is 9.37 Å². The summed E-state index contributed by atoms with van der Waals surface area (Å²) in [6.45, 7) is 1.49. The van der Waals surface area contributed by atoms with Crippen LogP contribution in [0.25, 0.3) is 11.3 Å². The van der Waals surface area contributed by atoms with Crippen LogP contribution in [-0.4, -0.2) is 27.8 Å². The maximum Gasteiger partial charge on any atom is 0.270 e. The second kappa shape index (κ2) is 8.57. The summed E-state index contributed by atoms with van der Waals surface area (Å²) in [5.41, 5.74) is 1.14. The van der Waals surface area contributed by atoms with E-state index >= 15 is 0 Å². The second-order valence-electron chi connectivity index (χ2n) is 6.04. The second-order valence-corrected chi connectivity index (χ2v) is 6.89. The Hall–Kier alpha value is -3.66. The van der Waals surface area contributed by atoms with Crippen LogP contribution in [0.15, 0.2) is 53.9 Å². The third-order valence-electron chi connectivity index (χ3n) is 3.93. The Bertz CT molecular complexity index is 1070. The molecule has 1 atom stereocenters. The molecule has 10 heteroatoms. The fraction of sp³-hybridized carbons (Fsp3) is 0.105. The van der Waals surface area contributed by atoms with Crippen molar-refractivity contribution in [3.63, 3.8) is 0 Å². The summed E-state index contributed by atoms with van der Waals surface area (Å²) in [5.74, 6) is -1.46. The molecule has 0 saturated heterocycles. The molecular weight excluding hydrogens is 399 g/mol. The number of nitro benzene ring substituents is 1. The number of carbonyl (C=O) groups is 2. The highest BCUT2D eigenvalue weighted by Gasteiger charge is 2.19. The van der Waals surface area contributed by atoms with Crippen molar-refractivity contribution in [2.75, 3.05) is 5.32 Å². The number of hydrogen-bond donors (Lipinski definition) is 2. The number of thiazole rings is 1. The zero-order valence-electron chi connectivity index (χ0n) is 15.1. The molecule has 0 spiro atoms. The topological polar surface area (TPSA) is 114 Å². The van der Waals surface area contributed by atoms with Gasteiger partial charge in [0.2, 0.25) is 5.91 Å².